The van der Waals surface area contributed by atoms with Crippen molar-refractivity contribution in [3.63, 3.8) is 0 Å². The zero-order valence-corrected chi connectivity index (χ0v) is 18.3. The van der Waals surface area contributed by atoms with Gasteiger partial charge in [-0.3, -0.25) is 19.3 Å². The second kappa shape index (κ2) is 9.80. The smallest absolute Gasteiger partial charge is 0.306 e. The van der Waals surface area contributed by atoms with E-state index in [4.69, 9.17) is 4.74 Å². The molecule has 30 heavy (non-hydrogen) atoms. The Morgan fingerprint density at radius 1 is 1.13 bits per heavy atom. The lowest BCUT2D eigenvalue weighted by atomic mass is 10.1. The van der Waals surface area contributed by atoms with Crippen LogP contribution in [0.1, 0.15) is 41.8 Å². The van der Waals surface area contributed by atoms with Gasteiger partial charge in [0.1, 0.15) is 5.37 Å². The molecule has 2 amide bonds. The van der Waals surface area contributed by atoms with Crippen LogP contribution in [0.5, 0.6) is 0 Å². The normalized spacial score (nSPS) is 15.9. The van der Waals surface area contributed by atoms with Crippen molar-refractivity contribution in [1.82, 2.24) is 0 Å². The Kier molecular flexibility index (Phi) is 7.15. The van der Waals surface area contributed by atoms with E-state index in [1.165, 1.54) is 5.56 Å². The van der Waals surface area contributed by atoms with Crippen LogP contribution < -0.4 is 10.2 Å². The van der Waals surface area contributed by atoms with Crippen LogP contribution >= 0.6 is 11.8 Å². The van der Waals surface area contributed by atoms with Gasteiger partial charge >= 0.3 is 5.97 Å². The van der Waals surface area contributed by atoms with Crippen molar-refractivity contribution in [2.45, 2.75) is 39.0 Å². The third-order valence-corrected chi connectivity index (χ3v) is 6.17. The topological polar surface area (TPSA) is 75.7 Å². The number of carbonyl (C=O) groups excluding carboxylic acids is 3. The largest absolute Gasteiger partial charge is 0.466 e. The van der Waals surface area contributed by atoms with Gasteiger partial charge in [0.25, 0.3) is 0 Å². The van der Waals surface area contributed by atoms with Crippen molar-refractivity contribution in [1.29, 1.82) is 0 Å². The summed E-state index contributed by atoms with van der Waals surface area (Å²) in [6, 6.07) is 13.5. The minimum Gasteiger partial charge on any atom is -0.466 e. The average molecular weight is 427 g/mol. The van der Waals surface area contributed by atoms with Crippen molar-refractivity contribution in [2.24, 2.45) is 0 Å². The fraction of sp³-hybridized carbons (Fsp3) is 0.348. The van der Waals surface area contributed by atoms with E-state index >= 15 is 0 Å². The third-order valence-electron chi connectivity index (χ3n) is 4.95. The molecule has 1 aliphatic heterocycles. The Balaban J connectivity index is 1.74. The number of ether oxygens (including phenoxy) is 1. The van der Waals surface area contributed by atoms with Gasteiger partial charge < -0.3 is 10.1 Å². The average Bonchev–Trinajstić information content (AvgIpc) is 3.10. The number of amides is 2. The van der Waals surface area contributed by atoms with Crippen LogP contribution in [-0.2, 0) is 19.1 Å². The molecule has 0 aliphatic carbocycles. The van der Waals surface area contributed by atoms with Crippen LogP contribution in [0, 0.1) is 13.8 Å². The minimum atomic E-state index is -0.383. The Bertz CT molecular complexity index is 960. The van der Waals surface area contributed by atoms with E-state index in [1.54, 1.807) is 24.8 Å². The number of nitrogens with zero attached hydrogens (tertiary/aromatic N) is 1. The maximum Gasteiger partial charge on any atom is 0.306 e. The van der Waals surface area contributed by atoms with Crippen LogP contribution in [0.25, 0.3) is 0 Å². The van der Waals surface area contributed by atoms with Crippen LogP contribution in [-0.4, -0.2) is 30.1 Å². The molecule has 2 aromatic carbocycles. The fourth-order valence-electron chi connectivity index (χ4n) is 3.27. The predicted octanol–water partition coefficient (Wildman–Crippen LogP) is 4.36. The third kappa shape index (κ3) is 5.21. The molecule has 1 fully saturated rings. The Morgan fingerprint density at radius 3 is 2.67 bits per heavy atom. The van der Waals surface area contributed by atoms with Gasteiger partial charge in [0.05, 0.1) is 18.8 Å². The van der Waals surface area contributed by atoms with E-state index in [0.29, 0.717) is 18.0 Å². The summed E-state index contributed by atoms with van der Waals surface area (Å²) in [6.07, 6.45) is 0.112. The number of rotatable bonds is 7. The van der Waals surface area contributed by atoms with Crippen molar-refractivity contribution < 1.29 is 19.1 Å². The van der Waals surface area contributed by atoms with Gasteiger partial charge in [0.15, 0.2) is 0 Å². The Labute approximate surface area is 181 Å². The highest BCUT2D eigenvalue weighted by Crippen LogP contribution is 2.42. The van der Waals surface area contributed by atoms with E-state index in [9.17, 15) is 14.4 Å². The molecule has 1 N–H and O–H groups in total. The van der Waals surface area contributed by atoms with Crippen molar-refractivity contribution in [2.75, 3.05) is 22.6 Å². The van der Waals surface area contributed by atoms with E-state index in [1.807, 2.05) is 55.1 Å². The highest BCUT2D eigenvalue weighted by molar-refractivity contribution is 8.00. The lowest BCUT2D eigenvalue weighted by Crippen LogP contribution is -2.28. The number of esters is 1. The van der Waals surface area contributed by atoms with Crippen LogP contribution in [0.15, 0.2) is 42.5 Å². The van der Waals surface area contributed by atoms with Gasteiger partial charge in [0.2, 0.25) is 11.8 Å². The Morgan fingerprint density at radius 2 is 1.93 bits per heavy atom. The number of thioether (sulfide) groups is 1. The molecule has 1 atom stereocenters. The predicted molar refractivity (Wildman–Crippen MR) is 120 cm³/mol. The number of benzene rings is 2. The minimum absolute atomic E-state index is 0.0485. The summed E-state index contributed by atoms with van der Waals surface area (Å²) < 4.78 is 4.85. The zero-order valence-electron chi connectivity index (χ0n) is 17.4. The van der Waals surface area contributed by atoms with Crippen molar-refractivity contribution >= 4 is 40.9 Å². The molecule has 1 heterocycles. The van der Waals surface area contributed by atoms with Crippen molar-refractivity contribution in [3.05, 3.63) is 59.2 Å². The summed E-state index contributed by atoms with van der Waals surface area (Å²) in [5.41, 5.74) is 4.77. The first-order valence-electron chi connectivity index (χ1n) is 9.95. The lowest BCUT2D eigenvalue weighted by Gasteiger charge is -2.25. The van der Waals surface area contributed by atoms with Gasteiger partial charge in [-0.1, -0.05) is 18.2 Å². The van der Waals surface area contributed by atoms with Crippen molar-refractivity contribution in [3.8, 4) is 0 Å². The number of hydrogen-bond donors (Lipinski definition) is 1. The number of hydrogen-bond acceptors (Lipinski definition) is 5. The summed E-state index contributed by atoms with van der Waals surface area (Å²) in [6.45, 7) is 6.12. The monoisotopic (exact) mass is 426 g/mol. The first kappa shape index (κ1) is 21.9. The highest BCUT2D eigenvalue weighted by atomic mass is 32.2. The second-order valence-electron chi connectivity index (χ2n) is 7.17. The molecule has 1 saturated heterocycles. The Hall–Kier alpha value is -2.80. The molecule has 0 saturated carbocycles. The standard InChI is InChI=1S/C23H26N2O4S/c1-4-29-22(28)11-10-20(26)24-18-7-5-6-17(13-18)23-25(21(27)14-30-23)19-9-8-15(2)16(3)12-19/h5-9,12-13,23H,4,10-11,14H2,1-3H3,(H,24,26). The van der Waals surface area contributed by atoms with Gasteiger partial charge in [-0.05, 0) is 61.7 Å². The number of aryl methyl sites for hydroxylation is 2. The van der Waals surface area contributed by atoms with Crippen LogP contribution in [0.2, 0.25) is 0 Å². The van der Waals surface area contributed by atoms with E-state index in [2.05, 4.69) is 5.32 Å². The van der Waals surface area contributed by atoms with Gasteiger partial charge in [-0.15, -0.1) is 11.8 Å². The zero-order chi connectivity index (χ0) is 21.7. The molecule has 1 aliphatic rings. The highest BCUT2D eigenvalue weighted by Gasteiger charge is 2.34. The summed E-state index contributed by atoms with van der Waals surface area (Å²) in [5.74, 6) is -0.155. The van der Waals surface area contributed by atoms with Gasteiger partial charge in [-0.2, -0.15) is 0 Å². The fourth-order valence-corrected chi connectivity index (χ4v) is 4.43. The molecule has 158 valence electrons. The first-order chi connectivity index (χ1) is 14.4. The summed E-state index contributed by atoms with van der Waals surface area (Å²) in [5, 5.41) is 2.67. The molecular weight excluding hydrogens is 400 g/mol. The molecular formula is C23H26N2O4S. The second-order valence-corrected chi connectivity index (χ2v) is 8.24. The van der Waals surface area contributed by atoms with E-state index in [0.717, 1.165) is 16.8 Å². The molecule has 0 radical (unpaired) electrons. The number of carbonyl (C=O) groups is 3. The lowest BCUT2D eigenvalue weighted by molar-refractivity contribution is -0.144. The molecule has 1 unspecified atom stereocenters. The summed E-state index contributed by atoms with van der Waals surface area (Å²) >= 11 is 1.57. The van der Waals surface area contributed by atoms with E-state index in [-0.39, 0.29) is 36.0 Å². The van der Waals surface area contributed by atoms with Gasteiger partial charge in [0, 0.05) is 17.8 Å². The quantitative estimate of drug-likeness (QED) is 0.666. The molecule has 0 bridgehead atoms. The van der Waals surface area contributed by atoms with E-state index < -0.39 is 0 Å². The van der Waals surface area contributed by atoms with Gasteiger partial charge in [-0.25, -0.2) is 0 Å². The molecule has 2 aromatic rings. The maximum atomic E-state index is 12.6. The maximum absolute atomic E-state index is 12.6. The molecule has 3 rings (SSSR count). The summed E-state index contributed by atoms with van der Waals surface area (Å²) in [7, 11) is 0. The summed E-state index contributed by atoms with van der Waals surface area (Å²) in [4.78, 5) is 38.0. The molecule has 7 heteroatoms. The number of anilines is 2. The molecule has 0 spiro atoms. The molecule has 6 nitrogen and oxygen atoms in total. The first-order valence-corrected chi connectivity index (χ1v) is 11.0. The molecule has 0 aromatic heterocycles. The SMILES string of the molecule is CCOC(=O)CCC(=O)Nc1cccc(C2SCC(=O)N2c2ccc(C)c(C)c2)c1. The van der Waals surface area contributed by atoms with Crippen LogP contribution in [0.3, 0.4) is 0 Å². The number of nitrogens with one attached hydrogen (secondary N) is 1. The van der Waals surface area contributed by atoms with Crippen LogP contribution in [0.4, 0.5) is 11.4 Å².